The largest absolute Gasteiger partial charge is 0.461 e. The summed E-state index contributed by atoms with van der Waals surface area (Å²) >= 11 is 1.52. The van der Waals surface area contributed by atoms with Crippen LogP contribution in [0.5, 0.6) is 5.19 Å². The van der Waals surface area contributed by atoms with Crippen molar-refractivity contribution in [1.82, 2.24) is 15.5 Å². The van der Waals surface area contributed by atoms with E-state index in [4.69, 9.17) is 9.47 Å². The topological polar surface area (TPSA) is 56.3 Å². The average molecular weight is 227 g/mol. The zero-order valence-electron chi connectivity index (χ0n) is 8.31. The van der Waals surface area contributed by atoms with Crippen LogP contribution in [0.3, 0.4) is 0 Å². The molecule has 0 spiro atoms. The molecule has 2 heterocycles. The Kier molecular flexibility index (Phi) is 2.56. The second kappa shape index (κ2) is 4.03. The molecule has 82 valence electrons. The third kappa shape index (κ3) is 2.45. The SMILES string of the molecule is C(NC1CC1)c1nnc(OC2COC2)s1. The van der Waals surface area contributed by atoms with Crippen LogP contribution in [0.25, 0.3) is 0 Å². The van der Waals surface area contributed by atoms with Crippen molar-refractivity contribution >= 4 is 11.3 Å². The number of hydrogen-bond donors (Lipinski definition) is 1. The van der Waals surface area contributed by atoms with Crippen LogP contribution in [0, 0.1) is 0 Å². The summed E-state index contributed by atoms with van der Waals surface area (Å²) in [7, 11) is 0. The molecule has 2 fully saturated rings. The third-order valence-electron chi connectivity index (χ3n) is 2.44. The van der Waals surface area contributed by atoms with Crippen molar-refractivity contribution in [3.8, 4) is 5.19 Å². The summed E-state index contributed by atoms with van der Waals surface area (Å²) < 4.78 is 10.6. The van der Waals surface area contributed by atoms with Gasteiger partial charge in [0.15, 0.2) is 0 Å². The van der Waals surface area contributed by atoms with Gasteiger partial charge in [0.05, 0.1) is 19.8 Å². The van der Waals surface area contributed by atoms with Gasteiger partial charge < -0.3 is 14.8 Å². The van der Waals surface area contributed by atoms with Crippen LogP contribution in [-0.2, 0) is 11.3 Å². The van der Waals surface area contributed by atoms with Gasteiger partial charge in [-0.1, -0.05) is 16.4 Å². The van der Waals surface area contributed by atoms with Crippen molar-refractivity contribution in [2.24, 2.45) is 0 Å². The van der Waals surface area contributed by atoms with Crippen LogP contribution in [0.15, 0.2) is 0 Å². The molecule has 1 aromatic heterocycles. The van der Waals surface area contributed by atoms with Crippen molar-refractivity contribution in [3.05, 3.63) is 5.01 Å². The first kappa shape index (κ1) is 9.50. The molecule has 3 rings (SSSR count). The van der Waals surface area contributed by atoms with Gasteiger partial charge in [0.1, 0.15) is 11.1 Å². The predicted molar refractivity (Wildman–Crippen MR) is 55.0 cm³/mol. The fourth-order valence-electron chi connectivity index (χ4n) is 1.30. The Morgan fingerprint density at radius 3 is 2.93 bits per heavy atom. The second-order valence-corrected chi connectivity index (χ2v) is 4.92. The highest BCUT2D eigenvalue weighted by atomic mass is 32.1. The smallest absolute Gasteiger partial charge is 0.294 e. The number of nitrogens with zero attached hydrogens (tertiary/aromatic N) is 2. The minimum Gasteiger partial charge on any atom is -0.461 e. The number of rotatable bonds is 5. The molecule has 0 aromatic carbocycles. The Hall–Kier alpha value is -0.720. The van der Waals surface area contributed by atoms with E-state index in [1.807, 2.05) is 0 Å². The average Bonchev–Trinajstić information content (AvgIpc) is 2.89. The number of nitrogens with one attached hydrogen (secondary N) is 1. The van der Waals surface area contributed by atoms with Crippen LogP contribution < -0.4 is 10.1 Å². The highest BCUT2D eigenvalue weighted by Crippen LogP contribution is 2.23. The minimum absolute atomic E-state index is 0.183. The van der Waals surface area contributed by atoms with Crippen LogP contribution in [0.4, 0.5) is 0 Å². The van der Waals surface area contributed by atoms with Crippen LogP contribution in [0.2, 0.25) is 0 Å². The highest BCUT2D eigenvalue weighted by Gasteiger charge is 2.23. The molecule has 15 heavy (non-hydrogen) atoms. The maximum Gasteiger partial charge on any atom is 0.294 e. The number of ether oxygens (including phenoxy) is 2. The van der Waals surface area contributed by atoms with E-state index >= 15 is 0 Å². The van der Waals surface area contributed by atoms with Gasteiger partial charge in [0.2, 0.25) is 0 Å². The lowest BCUT2D eigenvalue weighted by molar-refractivity contribution is -0.0799. The standard InChI is InChI=1S/C9H13N3O2S/c1-2-6(1)10-3-8-11-12-9(15-8)14-7-4-13-5-7/h6-7,10H,1-5H2. The third-order valence-corrected chi connectivity index (χ3v) is 3.26. The molecule has 0 bridgehead atoms. The second-order valence-electron chi connectivity index (χ2n) is 3.89. The summed E-state index contributed by atoms with van der Waals surface area (Å²) in [5.41, 5.74) is 0. The molecule has 1 N–H and O–H groups in total. The van der Waals surface area contributed by atoms with E-state index in [0.29, 0.717) is 24.4 Å². The maximum absolute atomic E-state index is 5.55. The normalized spacial score (nSPS) is 21.3. The molecular weight excluding hydrogens is 214 g/mol. The molecule has 0 amide bonds. The van der Waals surface area contributed by atoms with E-state index in [0.717, 1.165) is 11.6 Å². The lowest BCUT2D eigenvalue weighted by Crippen LogP contribution is -2.38. The van der Waals surface area contributed by atoms with Crippen molar-refractivity contribution in [1.29, 1.82) is 0 Å². The lowest BCUT2D eigenvalue weighted by atomic mass is 10.3. The van der Waals surface area contributed by atoms with Crippen LogP contribution >= 0.6 is 11.3 Å². The Balaban J connectivity index is 1.50. The quantitative estimate of drug-likeness (QED) is 0.797. The number of aromatic nitrogens is 2. The van der Waals surface area contributed by atoms with E-state index in [1.165, 1.54) is 24.2 Å². The van der Waals surface area contributed by atoms with Crippen molar-refractivity contribution in [3.63, 3.8) is 0 Å². The van der Waals surface area contributed by atoms with Gasteiger partial charge in [0.25, 0.3) is 5.19 Å². The summed E-state index contributed by atoms with van der Waals surface area (Å²) in [5.74, 6) is 0. The van der Waals surface area contributed by atoms with E-state index < -0.39 is 0 Å². The maximum atomic E-state index is 5.55. The first-order chi connectivity index (χ1) is 7.40. The molecule has 0 atom stereocenters. The first-order valence-electron chi connectivity index (χ1n) is 5.20. The van der Waals surface area contributed by atoms with Crippen LogP contribution in [0.1, 0.15) is 17.8 Å². The Labute approximate surface area is 91.8 Å². The highest BCUT2D eigenvalue weighted by molar-refractivity contribution is 7.13. The molecule has 6 heteroatoms. The summed E-state index contributed by atoms with van der Waals surface area (Å²) in [6.45, 7) is 2.16. The van der Waals surface area contributed by atoms with Gasteiger partial charge in [-0.05, 0) is 12.8 Å². The van der Waals surface area contributed by atoms with E-state index in [9.17, 15) is 0 Å². The molecule has 0 radical (unpaired) electrons. The Bertz CT molecular complexity index is 336. The molecule has 5 nitrogen and oxygen atoms in total. The monoisotopic (exact) mass is 227 g/mol. The predicted octanol–water partition coefficient (Wildman–Crippen LogP) is 0.568. The fraction of sp³-hybridized carbons (Fsp3) is 0.778. The fourth-order valence-corrected chi connectivity index (χ4v) is 2.01. The van der Waals surface area contributed by atoms with Gasteiger partial charge in [0, 0.05) is 6.04 Å². The van der Waals surface area contributed by atoms with Crippen molar-refractivity contribution in [2.45, 2.75) is 31.5 Å². The minimum atomic E-state index is 0.183. The molecule has 1 aliphatic heterocycles. The zero-order chi connectivity index (χ0) is 10.1. The zero-order valence-corrected chi connectivity index (χ0v) is 9.13. The first-order valence-corrected chi connectivity index (χ1v) is 6.02. The van der Waals surface area contributed by atoms with E-state index in [2.05, 4.69) is 15.5 Å². The van der Waals surface area contributed by atoms with Gasteiger partial charge in [-0.25, -0.2) is 0 Å². The summed E-state index contributed by atoms with van der Waals surface area (Å²) in [5, 5.41) is 13.1. The number of hydrogen-bond acceptors (Lipinski definition) is 6. The summed E-state index contributed by atoms with van der Waals surface area (Å²) in [4.78, 5) is 0. The Morgan fingerprint density at radius 2 is 2.27 bits per heavy atom. The van der Waals surface area contributed by atoms with Crippen LogP contribution in [-0.4, -0.2) is 35.6 Å². The van der Waals surface area contributed by atoms with Crippen molar-refractivity contribution < 1.29 is 9.47 Å². The molecule has 1 saturated carbocycles. The summed E-state index contributed by atoms with van der Waals surface area (Å²) in [6, 6.07) is 0.707. The molecule has 1 aromatic rings. The van der Waals surface area contributed by atoms with E-state index in [-0.39, 0.29) is 6.10 Å². The molecule has 0 unspecified atom stereocenters. The lowest BCUT2D eigenvalue weighted by Gasteiger charge is -2.24. The van der Waals surface area contributed by atoms with Gasteiger partial charge in [-0.15, -0.1) is 5.10 Å². The molecular formula is C9H13N3O2S. The molecule has 1 saturated heterocycles. The molecule has 1 aliphatic carbocycles. The summed E-state index contributed by atoms with van der Waals surface area (Å²) in [6.07, 6.45) is 2.77. The van der Waals surface area contributed by atoms with Crippen molar-refractivity contribution in [2.75, 3.05) is 13.2 Å². The Morgan fingerprint density at radius 1 is 1.40 bits per heavy atom. The van der Waals surface area contributed by atoms with Gasteiger partial charge in [-0.3, -0.25) is 0 Å². The molecule has 2 aliphatic rings. The van der Waals surface area contributed by atoms with E-state index in [1.54, 1.807) is 0 Å². The van der Waals surface area contributed by atoms with Gasteiger partial charge in [-0.2, -0.15) is 0 Å². The van der Waals surface area contributed by atoms with Gasteiger partial charge >= 0.3 is 0 Å².